The lowest BCUT2D eigenvalue weighted by Crippen LogP contribution is -2.46. The molecule has 33 heavy (non-hydrogen) atoms. The Hall–Kier alpha value is -1.60. The van der Waals surface area contributed by atoms with Gasteiger partial charge in [0.1, 0.15) is 12.4 Å². The molecule has 1 saturated heterocycles. The third kappa shape index (κ3) is 4.09. The molecule has 0 bridgehead atoms. The zero-order valence-electron chi connectivity index (χ0n) is 21.7. The summed E-state index contributed by atoms with van der Waals surface area (Å²) in [6.07, 6.45) is 0. The normalized spacial score (nSPS) is 24.0. The first kappa shape index (κ1) is 24.5. The van der Waals surface area contributed by atoms with Crippen molar-refractivity contribution in [3.63, 3.8) is 0 Å². The molecule has 2 aliphatic heterocycles. The highest BCUT2D eigenvalue weighted by Gasteiger charge is 2.54. The van der Waals surface area contributed by atoms with E-state index in [-0.39, 0.29) is 10.5 Å². The standard InChI is InChI=1S/C27H39BO4Si/c1-24(2,3)33(8,9)30-19-27(20-14-11-10-12-15-20)18-29-23-21(27)16-13-17-22(23)28-31-25(4,5)26(6,7)32-28/h10-17H,18-19H2,1-9H3. The molecule has 0 N–H and O–H groups in total. The van der Waals surface area contributed by atoms with Crippen LogP contribution in [0.5, 0.6) is 5.75 Å². The molecule has 2 aromatic carbocycles. The average molecular weight is 467 g/mol. The van der Waals surface area contributed by atoms with Crippen molar-refractivity contribution in [2.45, 2.75) is 83.2 Å². The zero-order chi connectivity index (χ0) is 24.3. The number of benzene rings is 2. The minimum Gasteiger partial charge on any atom is -0.492 e. The van der Waals surface area contributed by atoms with E-state index >= 15 is 0 Å². The third-order valence-corrected chi connectivity index (χ3v) is 12.8. The summed E-state index contributed by atoms with van der Waals surface area (Å²) in [5.74, 6) is 0.874. The Labute approximate surface area is 201 Å². The third-order valence-electron chi connectivity index (χ3n) is 8.34. The molecule has 4 rings (SSSR count). The highest BCUT2D eigenvalue weighted by molar-refractivity contribution is 6.74. The molecule has 0 radical (unpaired) electrons. The highest BCUT2D eigenvalue weighted by Crippen LogP contribution is 2.46. The molecule has 0 aromatic heterocycles. The van der Waals surface area contributed by atoms with Crippen LogP contribution in [-0.4, -0.2) is 39.9 Å². The Morgan fingerprint density at radius 3 is 2.09 bits per heavy atom. The Morgan fingerprint density at radius 1 is 0.909 bits per heavy atom. The molecular formula is C27H39BO4Si. The van der Waals surface area contributed by atoms with Crippen LogP contribution in [0.25, 0.3) is 0 Å². The van der Waals surface area contributed by atoms with E-state index in [4.69, 9.17) is 18.5 Å². The molecule has 6 heteroatoms. The summed E-state index contributed by atoms with van der Waals surface area (Å²) in [6, 6.07) is 17.0. The first-order chi connectivity index (χ1) is 15.2. The maximum atomic E-state index is 6.82. The Bertz CT molecular complexity index is 997. The summed E-state index contributed by atoms with van der Waals surface area (Å²) >= 11 is 0. The molecule has 2 heterocycles. The Morgan fingerprint density at radius 2 is 1.52 bits per heavy atom. The molecule has 2 aliphatic rings. The number of ether oxygens (including phenoxy) is 1. The van der Waals surface area contributed by atoms with Crippen molar-refractivity contribution in [1.29, 1.82) is 0 Å². The van der Waals surface area contributed by atoms with Crippen molar-refractivity contribution in [3.8, 4) is 5.75 Å². The van der Waals surface area contributed by atoms with Crippen molar-refractivity contribution in [2.75, 3.05) is 13.2 Å². The van der Waals surface area contributed by atoms with Gasteiger partial charge in [-0.2, -0.15) is 0 Å². The van der Waals surface area contributed by atoms with Gasteiger partial charge in [-0.1, -0.05) is 69.3 Å². The van der Waals surface area contributed by atoms with Gasteiger partial charge >= 0.3 is 7.12 Å². The SMILES string of the molecule is CC1(C)OB(c2cccc3c2OCC3(CO[Si](C)(C)C(C)(C)C)c2ccccc2)OC1(C)C. The first-order valence-electron chi connectivity index (χ1n) is 12.0. The molecule has 1 atom stereocenters. The highest BCUT2D eigenvalue weighted by atomic mass is 28.4. The van der Waals surface area contributed by atoms with Gasteiger partial charge in [0, 0.05) is 11.0 Å². The fraction of sp³-hybridized carbons (Fsp3) is 0.556. The van der Waals surface area contributed by atoms with E-state index in [0.29, 0.717) is 13.2 Å². The molecule has 178 valence electrons. The Kier molecular flexibility index (Phi) is 5.93. The van der Waals surface area contributed by atoms with Gasteiger partial charge in [0.2, 0.25) is 0 Å². The van der Waals surface area contributed by atoms with Crippen LogP contribution < -0.4 is 10.2 Å². The van der Waals surface area contributed by atoms with Gasteiger partial charge in [-0.3, -0.25) is 0 Å². The monoisotopic (exact) mass is 466 g/mol. The van der Waals surface area contributed by atoms with Gasteiger partial charge in [-0.05, 0) is 51.4 Å². The van der Waals surface area contributed by atoms with E-state index in [0.717, 1.165) is 16.8 Å². The summed E-state index contributed by atoms with van der Waals surface area (Å²) in [7, 11) is -2.42. The molecule has 0 spiro atoms. The maximum Gasteiger partial charge on any atom is 0.498 e. The lowest BCUT2D eigenvalue weighted by molar-refractivity contribution is 0.00578. The second-order valence-electron chi connectivity index (χ2n) is 12.1. The van der Waals surface area contributed by atoms with Crippen molar-refractivity contribution >= 4 is 20.9 Å². The van der Waals surface area contributed by atoms with Crippen LogP contribution in [0.3, 0.4) is 0 Å². The molecule has 1 unspecified atom stereocenters. The van der Waals surface area contributed by atoms with Crippen LogP contribution in [0, 0.1) is 0 Å². The molecule has 2 aromatic rings. The lowest BCUT2D eigenvalue weighted by Gasteiger charge is -2.40. The molecule has 0 aliphatic carbocycles. The summed E-state index contributed by atoms with van der Waals surface area (Å²) in [6.45, 7) is 20.9. The second-order valence-corrected chi connectivity index (χ2v) is 16.9. The smallest absolute Gasteiger partial charge is 0.492 e. The number of hydrogen-bond donors (Lipinski definition) is 0. The van der Waals surface area contributed by atoms with Crippen molar-refractivity contribution < 1.29 is 18.5 Å². The summed E-state index contributed by atoms with van der Waals surface area (Å²) in [5.41, 5.74) is 2.15. The minimum atomic E-state index is -1.96. The number of rotatable bonds is 5. The van der Waals surface area contributed by atoms with E-state index in [1.807, 2.05) is 0 Å². The van der Waals surface area contributed by atoms with E-state index in [1.165, 1.54) is 5.56 Å². The van der Waals surface area contributed by atoms with Crippen LogP contribution in [0.1, 0.15) is 59.6 Å². The number of fused-ring (bicyclic) bond motifs is 1. The van der Waals surface area contributed by atoms with Gasteiger partial charge in [0.15, 0.2) is 8.32 Å². The minimum absolute atomic E-state index is 0.137. The lowest BCUT2D eigenvalue weighted by atomic mass is 9.72. The Balaban J connectivity index is 1.77. The van der Waals surface area contributed by atoms with Gasteiger partial charge in [-0.15, -0.1) is 0 Å². The topological polar surface area (TPSA) is 36.9 Å². The summed E-state index contributed by atoms with van der Waals surface area (Å²) in [5, 5.41) is 0.137. The van der Waals surface area contributed by atoms with Gasteiger partial charge < -0.3 is 18.5 Å². The van der Waals surface area contributed by atoms with Crippen LogP contribution in [0.2, 0.25) is 18.1 Å². The van der Waals surface area contributed by atoms with Gasteiger partial charge in [-0.25, -0.2) is 0 Å². The van der Waals surface area contributed by atoms with Gasteiger partial charge in [0.05, 0.1) is 23.2 Å². The quantitative estimate of drug-likeness (QED) is 0.531. The number of hydrogen-bond acceptors (Lipinski definition) is 4. The number of para-hydroxylation sites is 1. The van der Waals surface area contributed by atoms with E-state index < -0.39 is 26.6 Å². The second kappa shape index (κ2) is 7.98. The van der Waals surface area contributed by atoms with Crippen LogP contribution in [0.4, 0.5) is 0 Å². The van der Waals surface area contributed by atoms with Crippen LogP contribution >= 0.6 is 0 Å². The van der Waals surface area contributed by atoms with Crippen LogP contribution in [-0.2, 0) is 19.1 Å². The van der Waals surface area contributed by atoms with Crippen molar-refractivity contribution in [3.05, 3.63) is 59.7 Å². The first-order valence-corrected chi connectivity index (χ1v) is 14.9. The molecule has 4 nitrogen and oxygen atoms in total. The maximum absolute atomic E-state index is 6.82. The average Bonchev–Trinajstić information content (AvgIpc) is 3.21. The summed E-state index contributed by atoms with van der Waals surface area (Å²) < 4.78 is 26.1. The van der Waals surface area contributed by atoms with Crippen LogP contribution in [0.15, 0.2) is 48.5 Å². The van der Waals surface area contributed by atoms with Gasteiger partial charge in [0.25, 0.3) is 0 Å². The van der Waals surface area contributed by atoms with Crippen molar-refractivity contribution in [2.24, 2.45) is 0 Å². The summed E-state index contributed by atoms with van der Waals surface area (Å²) in [4.78, 5) is 0. The fourth-order valence-corrected chi connectivity index (χ4v) is 5.28. The largest absolute Gasteiger partial charge is 0.498 e. The van der Waals surface area contributed by atoms with E-state index in [1.54, 1.807) is 0 Å². The molecule has 1 fully saturated rings. The zero-order valence-corrected chi connectivity index (χ0v) is 22.7. The van der Waals surface area contributed by atoms with E-state index in [9.17, 15) is 0 Å². The molecule has 0 saturated carbocycles. The fourth-order valence-electron chi connectivity index (χ4n) is 4.24. The molecule has 0 amide bonds. The van der Waals surface area contributed by atoms with Crippen molar-refractivity contribution in [1.82, 2.24) is 0 Å². The van der Waals surface area contributed by atoms with E-state index in [2.05, 4.69) is 110 Å². The predicted molar refractivity (Wildman–Crippen MR) is 138 cm³/mol. The predicted octanol–water partition coefficient (Wildman–Crippen LogP) is 5.69. The molecular weight excluding hydrogens is 427 g/mol.